The number of nitrogens with zero attached hydrogens (tertiary/aromatic N) is 1. The number of phenolic OH excluding ortho intramolecular Hbond substituents is 1. The molecule has 1 atom stereocenters. The van der Waals surface area contributed by atoms with E-state index in [1.54, 1.807) is 12.3 Å². The molecular formula is C23H24FN2O2+. The Hall–Kier alpha value is -2.76. The van der Waals surface area contributed by atoms with Gasteiger partial charge in [0.2, 0.25) is 0 Å². The minimum atomic E-state index is -0.233. The Balaban J connectivity index is 1.61. The second-order valence-electron chi connectivity index (χ2n) is 7.09. The molecule has 3 aromatic rings. The summed E-state index contributed by atoms with van der Waals surface area (Å²) >= 11 is 0. The molecule has 1 aliphatic rings. The third-order valence-electron chi connectivity index (χ3n) is 5.36. The topological polar surface area (TPSA) is 46.3 Å². The van der Waals surface area contributed by atoms with Crippen LogP contribution in [0.2, 0.25) is 0 Å². The first-order valence-corrected chi connectivity index (χ1v) is 9.61. The van der Waals surface area contributed by atoms with Crippen molar-refractivity contribution in [2.45, 2.75) is 6.04 Å². The van der Waals surface area contributed by atoms with Gasteiger partial charge in [-0.15, -0.1) is 0 Å². The second-order valence-corrected chi connectivity index (χ2v) is 7.09. The number of fused-ring (bicyclic) bond motifs is 1. The molecular weight excluding hydrogens is 355 g/mol. The Morgan fingerprint density at radius 1 is 1.04 bits per heavy atom. The summed E-state index contributed by atoms with van der Waals surface area (Å²) in [4.78, 5) is 6.07. The Kier molecular flexibility index (Phi) is 5.65. The highest BCUT2D eigenvalue weighted by molar-refractivity contribution is 6.02. The standard InChI is InChI=1S/C23H23FN2O2/c24-19-8-5-18(6-9-19)22(26-11-13-28-14-12-26)16-25-15-21-20-4-2-1-3-17(20)7-10-23(21)27/h1-10,15,22,27H,11-14,16H2/p+1/t22-/m1/s1. The lowest BCUT2D eigenvalue weighted by molar-refractivity contribution is -0.937. The van der Waals surface area contributed by atoms with Gasteiger partial charge in [0.05, 0.1) is 19.8 Å². The van der Waals surface area contributed by atoms with Crippen molar-refractivity contribution >= 4 is 17.0 Å². The van der Waals surface area contributed by atoms with Gasteiger partial charge in [0, 0.05) is 17.3 Å². The summed E-state index contributed by atoms with van der Waals surface area (Å²) < 4.78 is 18.9. The van der Waals surface area contributed by atoms with E-state index < -0.39 is 0 Å². The van der Waals surface area contributed by atoms with E-state index in [0.29, 0.717) is 6.54 Å². The maximum absolute atomic E-state index is 13.4. The molecule has 28 heavy (non-hydrogen) atoms. The molecule has 4 nitrogen and oxygen atoms in total. The Morgan fingerprint density at radius 2 is 1.79 bits per heavy atom. The van der Waals surface area contributed by atoms with Crippen LogP contribution in [-0.4, -0.2) is 44.2 Å². The third-order valence-corrected chi connectivity index (χ3v) is 5.36. The highest BCUT2D eigenvalue weighted by Crippen LogP contribution is 2.25. The van der Waals surface area contributed by atoms with Crippen molar-refractivity contribution in [2.24, 2.45) is 4.99 Å². The van der Waals surface area contributed by atoms with Gasteiger partial charge in [-0.3, -0.25) is 4.99 Å². The number of hydrogen-bond acceptors (Lipinski definition) is 3. The third kappa shape index (κ3) is 4.06. The number of ether oxygens (including phenoxy) is 1. The highest BCUT2D eigenvalue weighted by Gasteiger charge is 2.26. The van der Waals surface area contributed by atoms with Gasteiger partial charge in [-0.2, -0.15) is 0 Å². The molecule has 2 N–H and O–H groups in total. The highest BCUT2D eigenvalue weighted by atomic mass is 19.1. The van der Waals surface area contributed by atoms with Crippen LogP contribution in [-0.2, 0) is 4.74 Å². The largest absolute Gasteiger partial charge is 0.507 e. The van der Waals surface area contributed by atoms with E-state index in [9.17, 15) is 9.50 Å². The second kappa shape index (κ2) is 8.50. The number of hydrogen-bond donors (Lipinski definition) is 2. The van der Waals surface area contributed by atoms with Crippen LogP contribution in [0.5, 0.6) is 5.75 Å². The lowest BCUT2D eigenvalue weighted by atomic mass is 10.0. The molecule has 3 aromatic carbocycles. The number of aromatic hydroxyl groups is 1. The van der Waals surface area contributed by atoms with Gasteiger partial charge in [-0.05, 0) is 29.0 Å². The summed E-state index contributed by atoms with van der Waals surface area (Å²) in [5, 5.41) is 12.4. The average Bonchev–Trinajstić information content (AvgIpc) is 2.74. The molecule has 0 aromatic heterocycles. The van der Waals surface area contributed by atoms with E-state index in [0.717, 1.165) is 48.2 Å². The Morgan fingerprint density at radius 3 is 2.57 bits per heavy atom. The minimum absolute atomic E-state index is 0.123. The molecule has 0 aliphatic carbocycles. The predicted octanol–water partition coefficient (Wildman–Crippen LogP) is 2.76. The minimum Gasteiger partial charge on any atom is -0.507 e. The summed E-state index contributed by atoms with van der Waals surface area (Å²) in [5.74, 6) is -0.0110. The lowest BCUT2D eigenvalue weighted by Gasteiger charge is -2.31. The van der Waals surface area contributed by atoms with E-state index in [4.69, 9.17) is 4.74 Å². The van der Waals surface area contributed by atoms with Crippen molar-refractivity contribution < 1.29 is 19.1 Å². The number of benzene rings is 3. The number of nitrogens with one attached hydrogen (secondary N) is 1. The molecule has 1 saturated heterocycles. The van der Waals surface area contributed by atoms with Crippen molar-refractivity contribution in [3.05, 3.63) is 77.6 Å². The van der Waals surface area contributed by atoms with Crippen LogP contribution >= 0.6 is 0 Å². The molecule has 0 saturated carbocycles. The number of quaternary nitrogens is 1. The first-order valence-electron chi connectivity index (χ1n) is 9.61. The maximum atomic E-state index is 13.4. The first kappa shape index (κ1) is 18.6. The van der Waals surface area contributed by atoms with Crippen molar-refractivity contribution in [1.29, 1.82) is 0 Å². The van der Waals surface area contributed by atoms with Crippen molar-refractivity contribution in [1.82, 2.24) is 0 Å². The normalized spacial score (nSPS) is 16.6. The zero-order chi connectivity index (χ0) is 19.3. The monoisotopic (exact) mass is 379 g/mol. The smallest absolute Gasteiger partial charge is 0.133 e. The molecule has 0 spiro atoms. The molecule has 144 valence electrons. The summed E-state index contributed by atoms with van der Waals surface area (Å²) in [7, 11) is 0. The van der Waals surface area contributed by atoms with Crippen molar-refractivity contribution in [3.8, 4) is 5.75 Å². The van der Waals surface area contributed by atoms with E-state index >= 15 is 0 Å². The number of halogens is 1. The average molecular weight is 379 g/mol. The molecule has 0 amide bonds. The Bertz CT molecular complexity index is 966. The number of aliphatic imine (C=N–C) groups is 1. The molecule has 0 bridgehead atoms. The molecule has 4 rings (SSSR count). The predicted molar refractivity (Wildman–Crippen MR) is 109 cm³/mol. The van der Waals surface area contributed by atoms with Gasteiger partial charge in [0.25, 0.3) is 0 Å². The van der Waals surface area contributed by atoms with Gasteiger partial charge in [-0.1, -0.05) is 42.5 Å². The van der Waals surface area contributed by atoms with Crippen LogP contribution in [0.4, 0.5) is 4.39 Å². The molecule has 1 fully saturated rings. The fraction of sp³-hybridized carbons (Fsp3) is 0.261. The fourth-order valence-corrected chi connectivity index (χ4v) is 3.82. The first-order chi connectivity index (χ1) is 13.7. The number of phenols is 1. The van der Waals surface area contributed by atoms with Gasteiger partial charge >= 0.3 is 0 Å². The van der Waals surface area contributed by atoms with E-state index in [2.05, 4.69) is 4.99 Å². The van der Waals surface area contributed by atoms with Gasteiger partial charge < -0.3 is 14.7 Å². The molecule has 0 radical (unpaired) electrons. The maximum Gasteiger partial charge on any atom is 0.133 e. The van der Waals surface area contributed by atoms with Crippen LogP contribution in [0.15, 0.2) is 65.7 Å². The molecule has 1 aliphatic heterocycles. The fourth-order valence-electron chi connectivity index (χ4n) is 3.82. The summed E-state index contributed by atoms with van der Waals surface area (Å²) in [6, 6.07) is 18.4. The van der Waals surface area contributed by atoms with Crippen LogP contribution in [0.1, 0.15) is 17.2 Å². The quantitative estimate of drug-likeness (QED) is 0.670. The van der Waals surface area contributed by atoms with Crippen LogP contribution in [0.25, 0.3) is 10.8 Å². The van der Waals surface area contributed by atoms with E-state index in [1.165, 1.54) is 17.0 Å². The van der Waals surface area contributed by atoms with Gasteiger partial charge in [0.1, 0.15) is 30.7 Å². The summed E-state index contributed by atoms with van der Waals surface area (Å²) in [6.07, 6.45) is 1.76. The SMILES string of the molecule is Oc1ccc2ccccc2c1C=NC[C@H](c1ccc(F)cc1)[NH+]1CCOCC1. The van der Waals surface area contributed by atoms with Crippen molar-refractivity contribution in [2.75, 3.05) is 32.8 Å². The number of rotatable bonds is 5. The molecule has 5 heteroatoms. The van der Waals surface area contributed by atoms with Crippen LogP contribution in [0, 0.1) is 5.82 Å². The lowest BCUT2D eigenvalue weighted by Crippen LogP contribution is -3.14. The van der Waals surface area contributed by atoms with Crippen LogP contribution in [0.3, 0.4) is 0 Å². The van der Waals surface area contributed by atoms with E-state index in [1.807, 2.05) is 42.5 Å². The van der Waals surface area contributed by atoms with Crippen molar-refractivity contribution in [3.63, 3.8) is 0 Å². The van der Waals surface area contributed by atoms with Gasteiger partial charge in [-0.25, -0.2) is 4.39 Å². The summed E-state index contributed by atoms with van der Waals surface area (Å²) in [6.45, 7) is 3.81. The molecule has 0 unspecified atom stereocenters. The number of morpholine rings is 1. The zero-order valence-corrected chi connectivity index (χ0v) is 15.6. The van der Waals surface area contributed by atoms with Crippen LogP contribution < -0.4 is 4.90 Å². The summed E-state index contributed by atoms with van der Waals surface area (Å²) in [5.41, 5.74) is 1.80. The van der Waals surface area contributed by atoms with E-state index in [-0.39, 0.29) is 17.6 Å². The molecule has 1 heterocycles. The zero-order valence-electron chi connectivity index (χ0n) is 15.6. The van der Waals surface area contributed by atoms with Gasteiger partial charge in [0.15, 0.2) is 0 Å². The Labute approximate surface area is 163 Å².